The van der Waals surface area contributed by atoms with Crippen molar-refractivity contribution in [3.8, 4) is 0 Å². The predicted octanol–water partition coefficient (Wildman–Crippen LogP) is 1.99. The third kappa shape index (κ3) is 3.18. The first-order chi connectivity index (χ1) is 10.1. The van der Waals surface area contributed by atoms with Gasteiger partial charge in [0.2, 0.25) is 5.95 Å². The van der Waals surface area contributed by atoms with Gasteiger partial charge in [0.1, 0.15) is 0 Å². The summed E-state index contributed by atoms with van der Waals surface area (Å²) in [6.45, 7) is 3.86. The number of nitrogens with two attached hydrogens (primary N) is 1. The summed E-state index contributed by atoms with van der Waals surface area (Å²) in [4.78, 5) is 13.2. The number of hydrogen-bond acceptors (Lipinski definition) is 3. The van der Waals surface area contributed by atoms with Crippen molar-refractivity contribution in [1.29, 1.82) is 0 Å². The van der Waals surface area contributed by atoms with Crippen molar-refractivity contribution in [3.63, 3.8) is 0 Å². The van der Waals surface area contributed by atoms with Crippen LogP contribution in [0.2, 0.25) is 0 Å². The van der Waals surface area contributed by atoms with E-state index < -0.39 is 0 Å². The van der Waals surface area contributed by atoms with E-state index in [1.165, 1.54) is 11.1 Å². The quantitative estimate of drug-likeness (QED) is 0.652. The molecule has 21 heavy (non-hydrogen) atoms. The highest BCUT2D eigenvalue weighted by Crippen LogP contribution is 2.23. The standard InChI is InChI=1S/C16H19N5/c1-10-7-11(2)19-16(18-10)21-15(17)20-14-8-12-5-3-4-6-13(12)9-14/h3-7,14H,8-9H2,1-2H3,(H3,17,18,19,20,21). The highest BCUT2D eigenvalue weighted by atomic mass is 15.2. The van der Waals surface area contributed by atoms with Crippen LogP contribution in [0.25, 0.3) is 0 Å². The fraction of sp³-hybridized carbons (Fsp3) is 0.312. The van der Waals surface area contributed by atoms with Crippen LogP contribution in [0.3, 0.4) is 0 Å². The lowest BCUT2D eigenvalue weighted by Gasteiger charge is -2.08. The van der Waals surface area contributed by atoms with Crippen molar-refractivity contribution < 1.29 is 0 Å². The highest BCUT2D eigenvalue weighted by molar-refractivity contribution is 5.90. The number of hydrogen-bond donors (Lipinski definition) is 2. The zero-order valence-corrected chi connectivity index (χ0v) is 12.3. The monoisotopic (exact) mass is 281 g/mol. The van der Waals surface area contributed by atoms with Crippen LogP contribution in [-0.4, -0.2) is 22.0 Å². The van der Waals surface area contributed by atoms with Gasteiger partial charge >= 0.3 is 0 Å². The SMILES string of the molecule is Cc1cc(C)nc(NC(N)=NC2Cc3ccccc3C2)n1. The van der Waals surface area contributed by atoms with Gasteiger partial charge in [0.15, 0.2) is 5.96 Å². The molecule has 3 rings (SSSR count). The Labute approximate surface area is 124 Å². The summed E-state index contributed by atoms with van der Waals surface area (Å²) in [7, 11) is 0. The van der Waals surface area contributed by atoms with E-state index in [1.807, 2.05) is 19.9 Å². The van der Waals surface area contributed by atoms with E-state index >= 15 is 0 Å². The van der Waals surface area contributed by atoms with Gasteiger partial charge in [-0.3, -0.25) is 5.32 Å². The minimum atomic E-state index is 0.195. The average Bonchev–Trinajstić information content (AvgIpc) is 2.78. The molecule has 1 aliphatic rings. The van der Waals surface area contributed by atoms with Crippen LogP contribution in [0.1, 0.15) is 22.5 Å². The number of fused-ring (bicyclic) bond motifs is 1. The number of benzene rings is 1. The van der Waals surface area contributed by atoms with Crippen molar-refractivity contribution in [3.05, 3.63) is 52.8 Å². The molecule has 0 atom stereocenters. The molecule has 0 spiro atoms. The van der Waals surface area contributed by atoms with E-state index in [1.54, 1.807) is 0 Å². The molecule has 2 aromatic rings. The fourth-order valence-electron chi connectivity index (χ4n) is 2.75. The van der Waals surface area contributed by atoms with Gasteiger partial charge < -0.3 is 5.73 Å². The molecule has 1 aromatic heterocycles. The number of aliphatic imine (C=N–C) groups is 1. The summed E-state index contributed by atoms with van der Waals surface area (Å²) < 4.78 is 0. The van der Waals surface area contributed by atoms with Crippen molar-refractivity contribution >= 4 is 11.9 Å². The van der Waals surface area contributed by atoms with Gasteiger partial charge in [-0.25, -0.2) is 15.0 Å². The van der Waals surface area contributed by atoms with Crippen molar-refractivity contribution in [2.45, 2.75) is 32.7 Å². The Hall–Kier alpha value is -2.43. The molecule has 1 aromatic carbocycles. The lowest BCUT2D eigenvalue weighted by atomic mass is 10.1. The molecule has 0 aliphatic heterocycles. The molecule has 0 bridgehead atoms. The molecule has 0 unspecified atom stereocenters. The van der Waals surface area contributed by atoms with Crippen LogP contribution in [0.5, 0.6) is 0 Å². The maximum Gasteiger partial charge on any atom is 0.229 e. The Morgan fingerprint density at radius 2 is 1.71 bits per heavy atom. The third-order valence-electron chi connectivity index (χ3n) is 3.57. The highest BCUT2D eigenvalue weighted by Gasteiger charge is 2.20. The van der Waals surface area contributed by atoms with Crippen LogP contribution < -0.4 is 11.1 Å². The molecule has 5 nitrogen and oxygen atoms in total. The number of guanidine groups is 1. The minimum absolute atomic E-state index is 0.195. The second-order valence-electron chi connectivity index (χ2n) is 5.44. The van der Waals surface area contributed by atoms with Gasteiger partial charge in [0.05, 0.1) is 6.04 Å². The zero-order chi connectivity index (χ0) is 14.8. The minimum Gasteiger partial charge on any atom is -0.370 e. The van der Waals surface area contributed by atoms with Crippen LogP contribution in [-0.2, 0) is 12.8 Å². The van der Waals surface area contributed by atoms with Gasteiger partial charge in [-0.2, -0.15) is 0 Å². The number of rotatable bonds is 2. The van der Waals surface area contributed by atoms with Crippen LogP contribution in [0.15, 0.2) is 35.3 Å². The molecule has 3 N–H and O–H groups in total. The Bertz CT molecular complexity index is 648. The van der Waals surface area contributed by atoms with Crippen LogP contribution in [0, 0.1) is 13.8 Å². The first-order valence-corrected chi connectivity index (χ1v) is 7.09. The zero-order valence-electron chi connectivity index (χ0n) is 12.3. The first kappa shape index (κ1) is 13.5. The van der Waals surface area contributed by atoms with Crippen LogP contribution in [0.4, 0.5) is 5.95 Å². The third-order valence-corrected chi connectivity index (χ3v) is 3.57. The summed E-state index contributed by atoms with van der Waals surface area (Å²) in [5, 5.41) is 2.98. The van der Waals surface area contributed by atoms with Crippen molar-refractivity contribution in [2.24, 2.45) is 10.7 Å². The molecule has 0 amide bonds. The summed E-state index contributed by atoms with van der Waals surface area (Å²) >= 11 is 0. The second kappa shape index (κ2) is 5.52. The van der Waals surface area contributed by atoms with Crippen molar-refractivity contribution in [1.82, 2.24) is 9.97 Å². The molecule has 5 heteroatoms. The summed E-state index contributed by atoms with van der Waals surface area (Å²) in [6, 6.07) is 10.6. The van der Waals surface area contributed by atoms with E-state index in [0.29, 0.717) is 11.9 Å². The Morgan fingerprint density at radius 3 is 2.29 bits per heavy atom. The molecule has 0 saturated heterocycles. The van der Waals surface area contributed by atoms with E-state index in [9.17, 15) is 0 Å². The van der Waals surface area contributed by atoms with Gasteiger partial charge in [-0.1, -0.05) is 24.3 Å². The van der Waals surface area contributed by atoms with E-state index in [4.69, 9.17) is 5.73 Å². The van der Waals surface area contributed by atoms with Gasteiger partial charge in [-0.05, 0) is 43.9 Å². The first-order valence-electron chi connectivity index (χ1n) is 7.09. The molecule has 0 fully saturated rings. The number of anilines is 1. The molecular weight excluding hydrogens is 262 g/mol. The fourth-order valence-corrected chi connectivity index (χ4v) is 2.75. The Kier molecular flexibility index (Phi) is 3.56. The molecule has 1 heterocycles. The number of aromatic nitrogens is 2. The molecule has 108 valence electrons. The maximum atomic E-state index is 5.98. The van der Waals surface area contributed by atoms with E-state index in [0.717, 1.165) is 24.2 Å². The van der Waals surface area contributed by atoms with Gasteiger partial charge in [-0.15, -0.1) is 0 Å². The largest absolute Gasteiger partial charge is 0.370 e. The predicted molar refractivity (Wildman–Crippen MR) is 84.4 cm³/mol. The topological polar surface area (TPSA) is 76.2 Å². The lowest BCUT2D eigenvalue weighted by molar-refractivity contribution is 0.722. The molecule has 0 saturated carbocycles. The normalized spacial score (nSPS) is 15.0. The summed E-state index contributed by atoms with van der Waals surface area (Å²) in [5.74, 6) is 0.877. The lowest BCUT2D eigenvalue weighted by Crippen LogP contribution is -2.26. The Morgan fingerprint density at radius 1 is 1.14 bits per heavy atom. The van der Waals surface area contributed by atoms with E-state index in [2.05, 4.69) is 44.5 Å². The van der Waals surface area contributed by atoms with E-state index in [-0.39, 0.29) is 6.04 Å². The number of nitrogens with zero attached hydrogens (tertiary/aromatic N) is 3. The Balaban J connectivity index is 1.70. The summed E-state index contributed by atoms with van der Waals surface area (Å²) in [5.41, 5.74) is 10.5. The average molecular weight is 281 g/mol. The van der Waals surface area contributed by atoms with Gasteiger partial charge in [0.25, 0.3) is 0 Å². The second-order valence-corrected chi connectivity index (χ2v) is 5.44. The van der Waals surface area contributed by atoms with Crippen LogP contribution >= 0.6 is 0 Å². The molecule has 1 aliphatic carbocycles. The molecular formula is C16H19N5. The summed E-state index contributed by atoms with van der Waals surface area (Å²) in [6.07, 6.45) is 1.87. The maximum absolute atomic E-state index is 5.98. The van der Waals surface area contributed by atoms with Gasteiger partial charge in [0, 0.05) is 11.4 Å². The van der Waals surface area contributed by atoms with Crippen molar-refractivity contribution in [2.75, 3.05) is 5.32 Å². The number of nitrogens with one attached hydrogen (secondary N) is 1. The molecule has 0 radical (unpaired) electrons. The number of aryl methyl sites for hydroxylation is 2. The smallest absolute Gasteiger partial charge is 0.229 e.